The number of nitrogens with one attached hydrogen (secondary N) is 1. The molecule has 24 heavy (non-hydrogen) atoms. The number of para-hydroxylation sites is 1. The Morgan fingerprint density at radius 1 is 1.17 bits per heavy atom. The van der Waals surface area contributed by atoms with E-state index in [9.17, 15) is 13.2 Å². The highest BCUT2D eigenvalue weighted by Gasteiger charge is 2.07. The van der Waals surface area contributed by atoms with Crippen LogP contribution in [0, 0.1) is 6.92 Å². The van der Waals surface area contributed by atoms with E-state index < -0.39 is 16.0 Å². The number of carbonyl (C=O) groups is 1. The lowest BCUT2D eigenvalue weighted by Crippen LogP contribution is -2.11. The fourth-order valence-corrected chi connectivity index (χ4v) is 2.36. The summed E-state index contributed by atoms with van der Waals surface area (Å²) in [5.41, 5.74) is 7.28. The molecule has 0 aliphatic heterocycles. The fraction of sp³-hybridized carbons (Fsp3) is 0.0667. The maximum Gasteiger partial charge on any atom is 0.294 e. The molecule has 3 rings (SSSR count). The minimum Gasteiger partial charge on any atom is -0.412 e. The van der Waals surface area contributed by atoms with E-state index in [1.165, 1.54) is 12.1 Å². The van der Waals surface area contributed by atoms with Crippen LogP contribution in [-0.2, 0) is 10.1 Å². The number of aromatic amines is 1. The first-order chi connectivity index (χ1) is 10.8. The molecule has 0 saturated carbocycles. The smallest absolute Gasteiger partial charge is 0.294 e. The predicted molar refractivity (Wildman–Crippen MR) is 89.2 cm³/mol. The summed E-state index contributed by atoms with van der Waals surface area (Å²) in [5.74, 6) is -0.440. The van der Waals surface area contributed by atoms with Crippen LogP contribution in [0.15, 0.2) is 53.6 Å². The van der Waals surface area contributed by atoms with E-state index in [1.807, 2.05) is 13.0 Å². The summed E-state index contributed by atoms with van der Waals surface area (Å²) in [6.07, 6.45) is 1.65. The van der Waals surface area contributed by atoms with Crippen LogP contribution in [0.25, 0.3) is 10.9 Å². The second-order valence-electron chi connectivity index (χ2n) is 4.79. The normalized spacial score (nSPS) is 10.4. The zero-order valence-electron chi connectivity index (χ0n) is 12.7. The molecule has 0 unspecified atom stereocenters. The Kier molecular flexibility index (Phi) is 6.18. The number of fused-ring (bicyclic) bond motifs is 1. The molecule has 128 valence electrons. The first kappa shape index (κ1) is 19.3. The van der Waals surface area contributed by atoms with E-state index in [0.29, 0.717) is 11.1 Å². The summed E-state index contributed by atoms with van der Waals surface area (Å²) >= 11 is 0. The molecule has 0 radical (unpaired) electrons. The molecule has 1 heterocycles. The number of aryl methyl sites for hydroxylation is 1. The van der Waals surface area contributed by atoms with Gasteiger partial charge in [0, 0.05) is 5.39 Å². The van der Waals surface area contributed by atoms with Gasteiger partial charge in [-0.1, -0.05) is 29.8 Å². The molecule has 6 N–H and O–H groups in total. The molecule has 1 amide bonds. The average Bonchev–Trinajstić information content (AvgIpc) is 2.95. The highest BCUT2D eigenvalue weighted by atomic mass is 32.2. The molecule has 1 aromatic heterocycles. The molecule has 0 aliphatic rings. The quantitative estimate of drug-likeness (QED) is 0.588. The minimum atomic E-state index is -4.02. The van der Waals surface area contributed by atoms with Crippen molar-refractivity contribution in [3.8, 4) is 0 Å². The average molecular weight is 351 g/mol. The van der Waals surface area contributed by atoms with Gasteiger partial charge in [0.15, 0.2) is 0 Å². The van der Waals surface area contributed by atoms with Crippen molar-refractivity contribution in [2.75, 3.05) is 0 Å². The van der Waals surface area contributed by atoms with Gasteiger partial charge >= 0.3 is 0 Å². The number of hydrogen-bond acceptors (Lipinski definition) is 4. The lowest BCUT2D eigenvalue weighted by molar-refractivity contribution is 0.100. The number of nitrogens with two attached hydrogens (primary N) is 1. The third-order valence-electron chi connectivity index (χ3n) is 3.06. The number of amides is 1. The van der Waals surface area contributed by atoms with Gasteiger partial charge in [0.2, 0.25) is 0 Å². The van der Waals surface area contributed by atoms with Gasteiger partial charge in [-0.3, -0.25) is 14.4 Å². The maximum atomic E-state index is 10.9. The number of nitrogens with zero attached hydrogens (tertiary/aromatic N) is 1. The Morgan fingerprint density at radius 2 is 1.79 bits per heavy atom. The molecule has 0 spiro atoms. The SMILES string of the molecule is Cc1ccc(S(=O)(=O)O)cc1.NC(=O)c1cccc2cn[nH]c12.O. The molecule has 0 bridgehead atoms. The van der Waals surface area contributed by atoms with E-state index in [2.05, 4.69) is 10.2 Å². The lowest BCUT2D eigenvalue weighted by Gasteiger charge is -1.95. The van der Waals surface area contributed by atoms with Crippen molar-refractivity contribution in [3.63, 3.8) is 0 Å². The second kappa shape index (κ2) is 7.68. The molecule has 0 aliphatic carbocycles. The Hall–Kier alpha value is -2.75. The molecule has 0 saturated heterocycles. The van der Waals surface area contributed by atoms with Crippen LogP contribution in [0.3, 0.4) is 0 Å². The van der Waals surface area contributed by atoms with Crippen molar-refractivity contribution in [1.82, 2.24) is 10.2 Å². The van der Waals surface area contributed by atoms with Crippen molar-refractivity contribution >= 4 is 26.9 Å². The molecule has 2 aromatic carbocycles. The Morgan fingerprint density at radius 3 is 2.33 bits per heavy atom. The molecule has 9 heteroatoms. The summed E-state index contributed by atoms with van der Waals surface area (Å²) in [5, 5.41) is 7.42. The number of aromatic nitrogens is 2. The van der Waals surface area contributed by atoms with E-state index in [-0.39, 0.29) is 10.4 Å². The Balaban J connectivity index is 0.000000232. The van der Waals surface area contributed by atoms with Crippen LogP contribution in [0.2, 0.25) is 0 Å². The van der Waals surface area contributed by atoms with Gasteiger partial charge in [0.05, 0.1) is 22.2 Å². The van der Waals surface area contributed by atoms with Crippen LogP contribution in [0.1, 0.15) is 15.9 Å². The van der Waals surface area contributed by atoms with Crippen molar-refractivity contribution in [2.24, 2.45) is 5.73 Å². The number of hydrogen-bond donors (Lipinski definition) is 3. The van der Waals surface area contributed by atoms with Crippen LogP contribution in [0.5, 0.6) is 0 Å². The second-order valence-corrected chi connectivity index (χ2v) is 6.21. The van der Waals surface area contributed by atoms with Gasteiger partial charge in [-0.25, -0.2) is 0 Å². The Labute approximate surface area is 138 Å². The zero-order chi connectivity index (χ0) is 17.0. The summed E-state index contributed by atoms with van der Waals surface area (Å²) in [7, 11) is -4.02. The van der Waals surface area contributed by atoms with Crippen molar-refractivity contribution < 1.29 is 23.2 Å². The number of primary amides is 1. The third kappa shape index (κ3) is 4.62. The van der Waals surface area contributed by atoms with Crippen LogP contribution in [-0.4, -0.2) is 34.6 Å². The molecule has 8 nitrogen and oxygen atoms in total. The summed E-state index contributed by atoms with van der Waals surface area (Å²) < 4.78 is 29.6. The number of benzene rings is 2. The molecule has 3 aromatic rings. The highest BCUT2D eigenvalue weighted by molar-refractivity contribution is 7.85. The van der Waals surface area contributed by atoms with Crippen LogP contribution in [0.4, 0.5) is 0 Å². The van der Waals surface area contributed by atoms with Crippen molar-refractivity contribution in [3.05, 3.63) is 59.8 Å². The highest BCUT2D eigenvalue weighted by Crippen LogP contribution is 2.14. The Bertz CT molecular complexity index is 933. The maximum absolute atomic E-state index is 10.9. The van der Waals surface area contributed by atoms with Gasteiger partial charge in [-0.15, -0.1) is 0 Å². The predicted octanol–water partition coefficient (Wildman–Crippen LogP) is 1.08. The van der Waals surface area contributed by atoms with Crippen molar-refractivity contribution in [2.45, 2.75) is 11.8 Å². The first-order valence-electron chi connectivity index (χ1n) is 6.55. The van der Waals surface area contributed by atoms with Gasteiger partial charge in [-0.2, -0.15) is 13.5 Å². The van der Waals surface area contributed by atoms with E-state index in [4.69, 9.17) is 10.3 Å². The molecule has 0 fully saturated rings. The van der Waals surface area contributed by atoms with Crippen LogP contribution < -0.4 is 5.73 Å². The molecular formula is C15H17N3O5S. The zero-order valence-corrected chi connectivity index (χ0v) is 13.5. The molecular weight excluding hydrogens is 334 g/mol. The fourth-order valence-electron chi connectivity index (χ4n) is 1.88. The number of H-pyrrole nitrogens is 1. The standard InChI is InChI=1S/C8H7N3O.C7H8O3S.H2O/c9-8(12)6-3-1-2-5-4-10-11-7(5)6;1-6-2-4-7(5-3-6)11(8,9)10;/h1-4H,(H2,9,12)(H,10,11);2-5H,1H3,(H,8,9,10);1H2. The van der Waals surface area contributed by atoms with Crippen molar-refractivity contribution in [1.29, 1.82) is 0 Å². The van der Waals surface area contributed by atoms with E-state index in [0.717, 1.165) is 10.9 Å². The van der Waals surface area contributed by atoms with E-state index >= 15 is 0 Å². The topological polar surface area (TPSA) is 158 Å². The van der Waals surface area contributed by atoms with E-state index in [1.54, 1.807) is 30.5 Å². The summed E-state index contributed by atoms with van der Waals surface area (Å²) in [6.45, 7) is 1.84. The summed E-state index contributed by atoms with van der Waals surface area (Å²) in [4.78, 5) is 10.8. The third-order valence-corrected chi connectivity index (χ3v) is 3.93. The molecule has 0 atom stereocenters. The van der Waals surface area contributed by atoms with Gasteiger partial charge in [0.25, 0.3) is 16.0 Å². The monoisotopic (exact) mass is 351 g/mol. The van der Waals surface area contributed by atoms with Gasteiger partial charge in [0.1, 0.15) is 0 Å². The number of rotatable bonds is 2. The largest absolute Gasteiger partial charge is 0.412 e. The lowest BCUT2D eigenvalue weighted by atomic mass is 10.1. The minimum absolute atomic E-state index is 0. The number of carbonyl (C=O) groups excluding carboxylic acids is 1. The van der Waals surface area contributed by atoms with Gasteiger partial charge < -0.3 is 11.2 Å². The van der Waals surface area contributed by atoms with Crippen LogP contribution >= 0.6 is 0 Å². The van der Waals surface area contributed by atoms with Gasteiger partial charge in [-0.05, 0) is 25.1 Å². The summed E-state index contributed by atoms with van der Waals surface area (Å²) in [6, 6.07) is 11.3. The first-order valence-corrected chi connectivity index (χ1v) is 7.99.